The van der Waals surface area contributed by atoms with Crippen molar-refractivity contribution in [1.82, 2.24) is 19.4 Å². The molecule has 0 aromatic carbocycles. The molecule has 0 saturated carbocycles. The van der Waals surface area contributed by atoms with Gasteiger partial charge in [-0.1, -0.05) is 0 Å². The van der Waals surface area contributed by atoms with Crippen molar-refractivity contribution in [3.63, 3.8) is 0 Å². The predicted molar refractivity (Wildman–Crippen MR) is 178 cm³/mol. The molecule has 1 aliphatic heterocycles. The van der Waals surface area contributed by atoms with Gasteiger partial charge in [-0.15, -0.1) is 0 Å². The third-order valence-electron chi connectivity index (χ3n) is 5.33. The zero-order valence-corrected chi connectivity index (χ0v) is 31.1. The predicted octanol–water partition coefficient (Wildman–Crippen LogP) is 0.0575. The van der Waals surface area contributed by atoms with Crippen molar-refractivity contribution >= 4 is 10.1 Å². The molecule has 0 bridgehead atoms. The molecule has 2 heterocycles. The Morgan fingerprint density at radius 3 is 1.37 bits per heavy atom. The monoisotopic (exact) mass is 733 g/mol. The van der Waals surface area contributed by atoms with Crippen molar-refractivity contribution in [2.24, 2.45) is 7.05 Å². The highest BCUT2D eigenvalue weighted by Gasteiger charge is 2.07. The molecule has 1 aromatic heterocycles. The van der Waals surface area contributed by atoms with Crippen LogP contribution in [0.2, 0.25) is 0 Å². The van der Waals surface area contributed by atoms with E-state index in [4.69, 9.17) is 43.2 Å². The Morgan fingerprint density at radius 2 is 1.08 bits per heavy atom. The molecule has 0 unspecified atom stereocenters. The van der Waals surface area contributed by atoms with Crippen LogP contribution in [0.25, 0.3) is 0 Å². The van der Waals surface area contributed by atoms with Crippen LogP contribution in [0.4, 0.5) is 0 Å². The molecule has 2 rings (SSSR count). The van der Waals surface area contributed by atoms with Crippen LogP contribution in [0.1, 0.15) is 13.8 Å². The smallest absolute Gasteiger partial charge is 0.264 e. The molecule has 292 valence electrons. The minimum atomic E-state index is -3.38. The lowest BCUT2D eigenvalue weighted by Crippen LogP contribution is -2.26. The van der Waals surface area contributed by atoms with Crippen molar-refractivity contribution in [2.45, 2.75) is 13.8 Å². The largest absolute Gasteiger partial charge is 0.692 e. The number of hydrogen-bond acceptors (Lipinski definition) is 17. The van der Waals surface area contributed by atoms with Crippen LogP contribution < -0.4 is 5.26 Å². The van der Waals surface area contributed by atoms with Gasteiger partial charge >= 0.3 is 0 Å². The quantitative estimate of drug-likeness (QED) is 0.0487. The Balaban J connectivity index is 0. The van der Waals surface area contributed by atoms with E-state index in [0.29, 0.717) is 85.9 Å². The van der Waals surface area contributed by atoms with Crippen LogP contribution in [0.3, 0.4) is 0 Å². The Kier molecular flexibility index (Phi) is 38.9. The first-order chi connectivity index (χ1) is 23.7. The number of aryl methyl sites for hydroxylation is 1. The van der Waals surface area contributed by atoms with E-state index in [9.17, 15) is 8.42 Å². The molecule has 18 nitrogen and oxygen atoms in total. The van der Waals surface area contributed by atoms with Gasteiger partial charge in [0.05, 0.1) is 125 Å². The lowest BCUT2D eigenvalue weighted by Gasteiger charge is -2.17. The van der Waals surface area contributed by atoms with E-state index in [1.54, 1.807) is 12.5 Å². The Morgan fingerprint density at radius 1 is 0.673 bits per heavy atom. The maximum atomic E-state index is 10.6. The van der Waals surface area contributed by atoms with Gasteiger partial charge in [-0.3, -0.25) is 9.22 Å². The maximum Gasteiger partial charge on any atom is 0.264 e. The van der Waals surface area contributed by atoms with Gasteiger partial charge in [0.2, 0.25) is 0 Å². The number of hydrogen-bond donors (Lipinski definition) is 0. The van der Waals surface area contributed by atoms with Crippen LogP contribution >= 0.6 is 0 Å². The van der Waals surface area contributed by atoms with Gasteiger partial charge in [0, 0.05) is 58.6 Å². The maximum absolute atomic E-state index is 10.6. The summed E-state index contributed by atoms with van der Waals surface area (Å²) in [4.78, 5) is 11.6. The van der Waals surface area contributed by atoms with Gasteiger partial charge in [0.25, 0.3) is 10.1 Å². The fraction of sp³-hybridized carbons (Fsp3) is 0.833. The van der Waals surface area contributed by atoms with Gasteiger partial charge in [0.15, 0.2) is 0 Å². The molecule has 0 saturated heterocycles. The van der Waals surface area contributed by atoms with E-state index in [1.165, 1.54) is 0 Å². The highest BCUT2D eigenvalue weighted by Crippen LogP contribution is 2.02. The molecule has 0 spiro atoms. The molecule has 19 heteroatoms. The van der Waals surface area contributed by atoms with Crippen molar-refractivity contribution < 1.29 is 65.7 Å². The van der Waals surface area contributed by atoms with E-state index < -0.39 is 10.1 Å². The molecule has 0 fully saturated rings. The van der Waals surface area contributed by atoms with Crippen molar-refractivity contribution in [3.05, 3.63) is 31.1 Å². The fourth-order valence-corrected chi connectivity index (χ4v) is 3.46. The van der Waals surface area contributed by atoms with Crippen LogP contribution in [0.15, 0.2) is 31.1 Å². The lowest BCUT2D eigenvalue weighted by molar-refractivity contribution is -0.796. The first-order valence-corrected chi connectivity index (χ1v) is 17.8. The minimum Gasteiger partial charge on any atom is -0.692 e. The molecule has 0 aliphatic carbocycles. The zero-order chi connectivity index (χ0) is 36.7. The standard InChI is InChI=1S/C14H28N2O4.C11H24O7S.C4H6N2.CH4O3/c1-3-17-8-9-19-12-13-20-11-10-18-7-6-16-5-4-15(2)14-16;1-3-14-4-5-15-6-7-16-8-9-17-10-11-18-19(2,12)13;1-6-3-2-5-4-6;1-3-4-2/h4-5H,3,6-14H2,1-2H3;3-11H2,1-2H3;2-4H,1H3;2H,1H3/p-1. The van der Waals surface area contributed by atoms with Crippen LogP contribution in [0, 0.1) is 0 Å². The van der Waals surface area contributed by atoms with Gasteiger partial charge in [-0.05, 0) is 13.8 Å². The van der Waals surface area contributed by atoms with Crippen LogP contribution in [-0.4, -0.2) is 174 Å². The number of ether oxygens (including phenoxy) is 8. The normalized spacial score (nSPS) is 12.2. The van der Waals surface area contributed by atoms with Crippen LogP contribution in [0.5, 0.6) is 0 Å². The highest BCUT2D eigenvalue weighted by atomic mass is 32.2. The topological polar surface area (TPSA) is 183 Å². The average molecular weight is 734 g/mol. The summed E-state index contributed by atoms with van der Waals surface area (Å²) < 4.78 is 69.7. The Hall–Kier alpha value is -1.98. The molecule has 0 radical (unpaired) electrons. The summed E-state index contributed by atoms with van der Waals surface area (Å²) in [5.41, 5.74) is 0. The second-order valence-electron chi connectivity index (χ2n) is 9.57. The van der Waals surface area contributed by atoms with Crippen molar-refractivity contribution in [3.8, 4) is 0 Å². The van der Waals surface area contributed by atoms with E-state index >= 15 is 0 Å². The molecule has 1 aromatic rings. The molecule has 0 atom stereocenters. The summed E-state index contributed by atoms with van der Waals surface area (Å²) >= 11 is 0. The molecule has 0 amide bonds. The van der Waals surface area contributed by atoms with E-state index in [-0.39, 0.29) is 13.2 Å². The second-order valence-corrected chi connectivity index (χ2v) is 11.2. The molecular formula is C30H61N4O14S-. The summed E-state index contributed by atoms with van der Waals surface area (Å²) in [5.74, 6) is 0. The van der Waals surface area contributed by atoms with Crippen molar-refractivity contribution in [2.75, 3.05) is 146 Å². The third kappa shape index (κ3) is 44.0. The van der Waals surface area contributed by atoms with Gasteiger partial charge in [0.1, 0.15) is 0 Å². The number of rotatable bonds is 28. The summed E-state index contributed by atoms with van der Waals surface area (Å²) in [6, 6.07) is 0. The third-order valence-corrected chi connectivity index (χ3v) is 5.92. The highest BCUT2D eigenvalue weighted by molar-refractivity contribution is 7.85. The molecule has 49 heavy (non-hydrogen) atoms. The first kappa shape index (κ1) is 49.1. The minimum absolute atomic E-state index is 0.0272. The summed E-state index contributed by atoms with van der Waals surface area (Å²) in [7, 11) is 1.76. The molecular weight excluding hydrogens is 672 g/mol. The Bertz CT molecular complexity index is 899. The van der Waals surface area contributed by atoms with Gasteiger partial charge in [-0.2, -0.15) is 8.42 Å². The van der Waals surface area contributed by atoms with E-state index in [2.05, 4.69) is 48.3 Å². The van der Waals surface area contributed by atoms with Crippen LogP contribution in [-0.2, 0) is 69.2 Å². The van der Waals surface area contributed by atoms with Gasteiger partial charge in [-0.25, -0.2) is 9.87 Å². The van der Waals surface area contributed by atoms with E-state index in [1.807, 2.05) is 31.7 Å². The fourth-order valence-electron chi connectivity index (χ4n) is 3.09. The number of imidazole rings is 1. The SMILES string of the molecule is CCOCCOCCOCCOCCN1C=CN(C)C1.CCOCCOCCOCCOCCOS(C)(=O)=O.COO[O-].Cn1ccnc1. The Labute approximate surface area is 293 Å². The molecule has 1 aliphatic rings. The van der Waals surface area contributed by atoms with Gasteiger partial charge < -0.3 is 57.5 Å². The van der Waals surface area contributed by atoms with E-state index in [0.717, 1.165) is 39.8 Å². The second kappa shape index (κ2) is 38.8. The first-order valence-electron chi connectivity index (χ1n) is 16.0. The number of aromatic nitrogens is 2. The lowest BCUT2D eigenvalue weighted by atomic mass is 10.6. The zero-order valence-electron chi connectivity index (χ0n) is 30.2. The number of nitrogens with zero attached hydrogens (tertiary/aromatic N) is 4. The van der Waals surface area contributed by atoms with Crippen molar-refractivity contribution in [1.29, 1.82) is 0 Å². The summed E-state index contributed by atoms with van der Waals surface area (Å²) in [5, 5.41) is 11.4. The molecule has 0 N–H and O–H groups in total. The average Bonchev–Trinajstić information content (AvgIpc) is 3.74. The summed E-state index contributed by atoms with van der Waals surface area (Å²) in [6.45, 7) is 14.9. The summed E-state index contributed by atoms with van der Waals surface area (Å²) in [6.07, 6.45) is 10.5.